The Balaban J connectivity index is 2.00. The van der Waals surface area contributed by atoms with E-state index in [4.69, 9.17) is 4.74 Å². The molecule has 4 nitrogen and oxygen atoms in total. The Hall–Kier alpha value is -0.470. The molecule has 0 aromatic carbocycles. The van der Waals surface area contributed by atoms with Crippen molar-refractivity contribution in [1.82, 2.24) is 8.96 Å². The summed E-state index contributed by atoms with van der Waals surface area (Å²) in [7, 11) is 0. The van der Waals surface area contributed by atoms with Crippen molar-refractivity contribution >= 4 is 52.1 Å². The lowest BCUT2D eigenvalue weighted by atomic mass is 10.2. The number of rotatable bonds is 1. The average molecular weight is 375 g/mol. The molecule has 6 heteroatoms. The number of anilines is 1. The fourth-order valence-corrected chi connectivity index (χ4v) is 3.44. The van der Waals surface area contributed by atoms with Crippen LogP contribution in [0, 0.1) is 3.57 Å². The lowest BCUT2D eigenvalue weighted by Gasteiger charge is -2.32. The topological polar surface area (TPSA) is 30.3 Å². The number of hydrogen-bond acceptors (Lipinski definition) is 4. The Morgan fingerprint density at radius 3 is 3.17 bits per heavy atom. The van der Waals surface area contributed by atoms with E-state index in [1.807, 2.05) is 12.4 Å². The van der Waals surface area contributed by atoms with E-state index < -0.39 is 0 Å². The van der Waals surface area contributed by atoms with Crippen LogP contribution in [0.4, 0.5) is 5.69 Å². The molecule has 0 aliphatic carbocycles. The van der Waals surface area contributed by atoms with E-state index in [0.29, 0.717) is 0 Å². The van der Waals surface area contributed by atoms with Crippen molar-refractivity contribution in [1.29, 1.82) is 0 Å². The second kappa shape index (κ2) is 4.90. The van der Waals surface area contributed by atoms with Crippen LogP contribution in [0.3, 0.4) is 0 Å². The second-order valence-corrected chi connectivity index (χ2v) is 6.11. The lowest BCUT2D eigenvalue weighted by Crippen LogP contribution is -2.41. The molecular weight excluding hydrogens is 361 g/mol. The number of thiol groups is 1. The van der Waals surface area contributed by atoms with Gasteiger partial charge in [-0.1, -0.05) is 12.8 Å². The van der Waals surface area contributed by atoms with Gasteiger partial charge in [0.1, 0.15) is 0 Å². The van der Waals surface area contributed by atoms with Crippen molar-refractivity contribution < 1.29 is 4.74 Å². The van der Waals surface area contributed by atoms with Crippen LogP contribution in [0.15, 0.2) is 18.5 Å². The second-order valence-electron chi connectivity index (χ2n) is 4.51. The highest BCUT2D eigenvalue weighted by Crippen LogP contribution is 2.27. The normalized spacial score (nSPS) is 20.6. The molecule has 2 aromatic heterocycles. The van der Waals surface area contributed by atoms with E-state index in [9.17, 15) is 0 Å². The molecule has 1 aliphatic rings. The van der Waals surface area contributed by atoms with Gasteiger partial charge >= 0.3 is 0 Å². The van der Waals surface area contributed by atoms with Crippen LogP contribution in [0.1, 0.15) is 6.92 Å². The Morgan fingerprint density at radius 2 is 2.39 bits per heavy atom. The smallest absolute Gasteiger partial charge is 0.150 e. The van der Waals surface area contributed by atoms with Crippen LogP contribution in [0.2, 0.25) is 0 Å². The summed E-state index contributed by atoms with van der Waals surface area (Å²) < 4.78 is 8.51. The van der Waals surface area contributed by atoms with Gasteiger partial charge in [0.05, 0.1) is 24.6 Å². The van der Waals surface area contributed by atoms with Crippen molar-refractivity contribution in [2.75, 3.05) is 24.6 Å². The maximum absolute atomic E-state index is 5.56. The summed E-state index contributed by atoms with van der Waals surface area (Å²) in [6.45, 7) is 4.73. The van der Waals surface area contributed by atoms with Crippen molar-refractivity contribution in [2.24, 2.45) is 0 Å². The summed E-state index contributed by atoms with van der Waals surface area (Å²) in [4.78, 5) is 6.83. The number of halogens is 1. The van der Waals surface area contributed by atoms with E-state index in [-0.39, 0.29) is 6.10 Å². The molecule has 1 unspecified atom stereocenters. The number of pyridine rings is 1. The molecule has 18 heavy (non-hydrogen) atoms. The maximum Gasteiger partial charge on any atom is 0.150 e. The van der Waals surface area contributed by atoms with E-state index >= 15 is 0 Å². The first kappa shape index (κ1) is 12.6. The minimum atomic E-state index is 0.281. The third-order valence-electron chi connectivity index (χ3n) is 3.17. The van der Waals surface area contributed by atoms with E-state index in [1.165, 1.54) is 3.57 Å². The summed E-state index contributed by atoms with van der Waals surface area (Å²) >= 11 is 6.68. The zero-order chi connectivity index (χ0) is 12.7. The van der Waals surface area contributed by atoms with Gasteiger partial charge in [0, 0.05) is 28.2 Å². The van der Waals surface area contributed by atoms with Crippen LogP contribution in [-0.4, -0.2) is 34.8 Å². The average Bonchev–Trinajstić information content (AvgIpc) is 2.65. The standard InChI is InChI=1S/C12H14IN3OS/c1-8-6-15(2-3-17-8)9-4-10-11(13)7-16(18)12(10)14-5-9/h4-5,7-8,18H,2-3,6H2,1H3. The molecule has 0 saturated carbocycles. The third-order valence-corrected chi connectivity index (χ3v) is 4.33. The van der Waals surface area contributed by atoms with Crippen LogP contribution < -0.4 is 4.90 Å². The summed E-state index contributed by atoms with van der Waals surface area (Å²) in [5, 5.41) is 1.15. The highest BCUT2D eigenvalue weighted by molar-refractivity contribution is 14.1. The van der Waals surface area contributed by atoms with Crippen molar-refractivity contribution in [3.05, 3.63) is 22.0 Å². The molecule has 1 fully saturated rings. The summed E-state index contributed by atoms with van der Waals surface area (Å²) in [5.41, 5.74) is 2.07. The van der Waals surface area contributed by atoms with Crippen LogP contribution in [-0.2, 0) is 4.74 Å². The molecule has 1 saturated heterocycles. The molecule has 0 amide bonds. The van der Waals surface area contributed by atoms with Crippen LogP contribution in [0.25, 0.3) is 11.0 Å². The van der Waals surface area contributed by atoms with E-state index in [1.54, 1.807) is 3.97 Å². The molecule has 2 aromatic rings. The number of hydrogen-bond donors (Lipinski definition) is 1. The summed E-state index contributed by atoms with van der Waals surface area (Å²) in [5.74, 6) is 0. The van der Waals surface area contributed by atoms with Gasteiger partial charge in [-0.15, -0.1) is 0 Å². The maximum atomic E-state index is 5.56. The SMILES string of the molecule is CC1CN(c2cnc3c(c2)c(I)cn3S)CCO1. The summed E-state index contributed by atoms with van der Waals surface area (Å²) in [6.07, 6.45) is 4.18. The monoisotopic (exact) mass is 375 g/mol. The largest absolute Gasteiger partial charge is 0.375 e. The molecule has 3 rings (SSSR count). The predicted molar refractivity (Wildman–Crippen MR) is 84.5 cm³/mol. The van der Waals surface area contributed by atoms with E-state index in [2.05, 4.69) is 58.3 Å². The van der Waals surface area contributed by atoms with Gasteiger partial charge < -0.3 is 9.64 Å². The van der Waals surface area contributed by atoms with Crippen LogP contribution in [0.5, 0.6) is 0 Å². The molecule has 0 bridgehead atoms. The highest BCUT2D eigenvalue weighted by atomic mass is 127. The van der Waals surface area contributed by atoms with Gasteiger partial charge in [-0.2, -0.15) is 0 Å². The molecule has 1 aliphatic heterocycles. The van der Waals surface area contributed by atoms with Crippen molar-refractivity contribution in [2.45, 2.75) is 13.0 Å². The van der Waals surface area contributed by atoms with Gasteiger partial charge in [0.2, 0.25) is 0 Å². The first-order valence-electron chi connectivity index (χ1n) is 5.87. The molecule has 96 valence electrons. The molecule has 0 radical (unpaired) electrons. The zero-order valence-corrected chi connectivity index (χ0v) is 13.1. The molecule has 3 heterocycles. The Kier molecular flexibility index (Phi) is 3.42. The van der Waals surface area contributed by atoms with Crippen LogP contribution >= 0.6 is 35.4 Å². The minimum Gasteiger partial charge on any atom is -0.375 e. The summed E-state index contributed by atoms with van der Waals surface area (Å²) in [6, 6.07) is 2.19. The number of nitrogens with zero attached hydrogens (tertiary/aromatic N) is 3. The molecule has 0 spiro atoms. The highest BCUT2D eigenvalue weighted by Gasteiger charge is 2.18. The van der Waals surface area contributed by atoms with Crippen molar-refractivity contribution in [3.63, 3.8) is 0 Å². The zero-order valence-electron chi connectivity index (χ0n) is 10.0. The Labute approximate surface area is 125 Å². The first-order chi connectivity index (χ1) is 8.65. The molecular formula is C12H14IN3OS. The minimum absolute atomic E-state index is 0.281. The van der Waals surface area contributed by atoms with E-state index in [0.717, 1.165) is 36.4 Å². The van der Waals surface area contributed by atoms with Gasteiger partial charge in [-0.25, -0.2) is 4.98 Å². The Morgan fingerprint density at radius 1 is 1.56 bits per heavy atom. The number of fused-ring (bicyclic) bond motifs is 1. The third kappa shape index (κ3) is 2.21. The number of morpholine rings is 1. The number of ether oxygens (including phenoxy) is 1. The first-order valence-corrected chi connectivity index (χ1v) is 7.35. The van der Waals surface area contributed by atoms with Crippen molar-refractivity contribution in [3.8, 4) is 0 Å². The number of aromatic nitrogens is 2. The predicted octanol–water partition coefficient (Wildman–Crippen LogP) is 2.56. The molecule has 1 atom stereocenters. The quantitative estimate of drug-likeness (QED) is 0.614. The molecule has 0 N–H and O–H groups in total. The van der Waals surface area contributed by atoms with Gasteiger partial charge in [0.15, 0.2) is 5.65 Å². The van der Waals surface area contributed by atoms with Gasteiger partial charge in [-0.05, 0) is 35.6 Å². The fourth-order valence-electron chi connectivity index (χ4n) is 2.27. The lowest BCUT2D eigenvalue weighted by molar-refractivity contribution is 0.0532. The van der Waals surface area contributed by atoms with Gasteiger partial charge in [-0.3, -0.25) is 3.97 Å². The fraction of sp³-hybridized carbons (Fsp3) is 0.417. The van der Waals surface area contributed by atoms with Gasteiger partial charge in [0.25, 0.3) is 0 Å². The Bertz CT molecular complexity index is 586.